The van der Waals surface area contributed by atoms with Crippen LogP contribution in [0, 0.1) is 40.4 Å². The maximum Gasteiger partial charge on any atom is 1.00 e. The summed E-state index contributed by atoms with van der Waals surface area (Å²) in [6, 6.07) is 0. The van der Waals surface area contributed by atoms with Gasteiger partial charge in [0.2, 0.25) is 10.4 Å². The minimum absolute atomic E-state index is 0. The number of aliphatic hydroxyl groups excluding tert-OH is 2. The van der Waals surface area contributed by atoms with Crippen molar-refractivity contribution in [3.8, 4) is 0 Å². The molecule has 1 spiro atoms. The maximum atomic E-state index is 12.9. The quantitative estimate of drug-likeness (QED) is 0.0458. The summed E-state index contributed by atoms with van der Waals surface area (Å²) in [4.78, 5) is 25.6. The number of carboxylic acid groups (broad SMARTS) is 1. The monoisotopic (exact) mass is 764 g/mol. The van der Waals surface area contributed by atoms with E-state index in [-0.39, 0.29) is 94.3 Å². The van der Waals surface area contributed by atoms with Crippen LogP contribution in [0.1, 0.15) is 72.1 Å². The van der Waals surface area contributed by atoms with Crippen molar-refractivity contribution in [1.82, 2.24) is 0 Å². The van der Waals surface area contributed by atoms with Gasteiger partial charge in [-0.2, -0.15) is 8.42 Å². The van der Waals surface area contributed by atoms with Crippen LogP contribution in [-0.4, -0.2) is 103 Å². The van der Waals surface area contributed by atoms with E-state index >= 15 is 0 Å². The summed E-state index contributed by atoms with van der Waals surface area (Å²) in [6.45, 7) is 8.47. The van der Waals surface area contributed by atoms with Crippen molar-refractivity contribution in [2.24, 2.45) is 40.4 Å². The number of ether oxygens (including phenoxy) is 3. The molecule has 4 N–H and O–H groups in total. The number of esters is 1. The SMILES string of the molecule is C=C1C2CCC3C4(C)CC(OC5OC(CO)C(OS(=O)(=O)O)C(OS(=O)(=O)[O-])C5OC(=O)CC(C)C)CC(C(=O)O)C4CCC3(C2)C1O.[K+]. The summed E-state index contributed by atoms with van der Waals surface area (Å²) in [5.41, 5.74) is -0.341. The van der Waals surface area contributed by atoms with Gasteiger partial charge in [-0.1, -0.05) is 27.4 Å². The minimum atomic E-state index is -5.67. The zero-order chi connectivity index (χ0) is 35.6. The van der Waals surface area contributed by atoms with Crippen LogP contribution in [0.5, 0.6) is 0 Å². The molecule has 0 aromatic carbocycles. The third-order valence-electron chi connectivity index (χ3n) is 11.5. The molecule has 13 unspecified atom stereocenters. The molecule has 1 aliphatic heterocycles. The molecule has 5 aliphatic rings. The Morgan fingerprint density at radius 2 is 1.76 bits per heavy atom. The first-order chi connectivity index (χ1) is 22.2. The largest absolute Gasteiger partial charge is 1.00 e. The minimum Gasteiger partial charge on any atom is -0.726 e. The Hall–Kier alpha value is -0.104. The fraction of sp³-hybridized carbons (Fsp3) is 0.867. The summed E-state index contributed by atoms with van der Waals surface area (Å²) < 4.78 is 95.2. The van der Waals surface area contributed by atoms with Gasteiger partial charge in [0.25, 0.3) is 0 Å². The zero-order valence-electron chi connectivity index (χ0n) is 28.0. The number of hydrogen-bond acceptors (Lipinski definition) is 14. The molecule has 274 valence electrons. The molecule has 1 heterocycles. The van der Waals surface area contributed by atoms with Gasteiger partial charge < -0.3 is 34.1 Å². The Kier molecular flexibility index (Phi) is 13.0. The van der Waals surface area contributed by atoms with Gasteiger partial charge in [0.15, 0.2) is 12.4 Å². The Balaban J connectivity index is 0.00000541. The van der Waals surface area contributed by atoms with Crippen molar-refractivity contribution in [2.75, 3.05) is 6.61 Å². The Morgan fingerprint density at radius 1 is 1.08 bits per heavy atom. The van der Waals surface area contributed by atoms with Gasteiger partial charge in [0.1, 0.15) is 18.3 Å². The average Bonchev–Trinajstić information content (AvgIpc) is 3.12. The number of rotatable bonds is 11. The molecule has 13 atom stereocenters. The van der Waals surface area contributed by atoms with Crippen molar-refractivity contribution in [3.05, 3.63) is 12.2 Å². The van der Waals surface area contributed by atoms with Crippen molar-refractivity contribution in [2.45, 2.75) is 115 Å². The van der Waals surface area contributed by atoms with Gasteiger partial charge in [-0.15, -0.1) is 0 Å². The Labute approximate surface area is 328 Å². The number of carbonyl (C=O) groups excluding carboxylic acids is 1. The molecule has 0 aromatic rings. The Bertz CT molecular complexity index is 1490. The molecule has 5 fully saturated rings. The van der Waals surface area contributed by atoms with E-state index in [4.69, 9.17) is 14.2 Å². The molecule has 4 aliphatic carbocycles. The molecule has 2 bridgehead atoms. The maximum absolute atomic E-state index is 12.9. The van der Waals surface area contributed by atoms with Gasteiger partial charge in [-0.25, -0.2) is 12.6 Å². The second-order valence-corrected chi connectivity index (χ2v) is 16.8. The number of hydrogen-bond donors (Lipinski definition) is 4. The summed E-state index contributed by atoms with van der Waals surface area (Å²) in [5.74, 6) is -3.32. The van der Waals surface area contributed by atoms with Gasteiger partial charge in [-0.3, -0.25) is 18.3 Å². The van der Waals surface area contributed by atoms with E-state index in [1.165, 1.54) is 0 Å². The van der Waals surface area contributed by atoms with Crippen molar-refractivity contribution < 1.29 is 125 Å². The number of fused-ring (bicyclic) bond motifs is 3. The van der Waals surface area contributed by atoms with Crippen LogP contribution in [0.25, 0.3) is 0 Å². The summed E-state index contributed by atoms with van der Waals surface area (Å²) in [6.07, 6.45) is -8.22. The van der Waals surface area contributed by atoms with Crippen LogP contribution in [0.2, 0.25) is 0 Å². The van der Waals surface area contributed by atoms with Gasteiger partial charge in [0, 0.05) is 11.8 Å². The van der Waals surface area contributed by atoms with E-state index in [0.29, 0.717) is 12.8 Å². The fourth-order valence-electron chi connectivity index (χ4n) is 9.82. The van der Waals surface area contributed by atoms with Crippen LogP contribution in [0.15, 0.2) is 12.2 Å². The number of aliphatic hydroxyl groups is 2. The predicted molar refractivity (Wildman–Crippen MR) is 161 cm³/mol. The van der Waals surface area contributed by atoms with E-state index in [1.54, 1.807) is 13.8 Å². The van der Waals surface area contributed by atoms with Crippen LogP contribution in [0.4, 0.5) is 0 Å². The molecular formula is C30H45KO16S2. The van der Waals surface area contributed by atoms with Crippen LogP contribution >= 0.6 is 0 Å². The van der Waals surface area contributed by atoms with Gasteiger partial charge in [0.05, 0.1) is 24.7 Å². The van der Waals surface area contributed by atoms with Gasteiger partial charge >= 0.3 is 73.7 Å². The standard InChI is InChI=1S/C30H46O16S2.K/c1-14(2)9-22(32)44-25-24(46-48(39,40)41)23(45-47(36,37)38)20(13-31)43-28(25)42-17-10-18(27(34)35)19-7-8-30-11-16(15(3)26(30)33)5-6-21(30)29(19,4)12-17;/h14,16-21,23-26,28,31,33H,3,5-13H2,1-2,4H3,(H,34,35)(H,36,37,38)(H,39,40,41);/q;+1/p-1. The molecular weight excluding hydrogens is 720 g/mol. The normalized spacial score (nSPS) is 42.1. The smallest absolute Gasteiger partial charge is 0.726 e. The van der Waals surface area contributed by atoms with E-state index in [2.05, 4.69) is 14.9 Å². The van der Waals surface area contributed by atoms with E-state index in [0.717, 1.165) is 24.8 Å². The zero-order valence-corrected chi connectivity index (χ0v) is 32.8. The third-order valence-corrected chi connectivity index (χ3v) is 12.4. The second-order valence-electron chi connectivity index (χ2n) is 14.8. The first-order valence-electron chi connectivity index (χ1n) is 16.2. The Morgan fingerprint density at radius 3 is 2.33 bits per heavy atom. The van der Waals surface area contributed by atoms with Crippen molar-refractivity contribution in [1.29, 1.82) is 0 Å². The van der Waals surface area contributed by atoms with E-state index in [9.17, 15) is 50.8 Å². The van der Waals surface area contributed by atoms with E-state index in [1.807, 2.05) is 6.92 Å². The second kappa shape index (κ2) is 15.3. The third kappa shape index (κ3) is 8.51. The fourth-order valence-corrected chi connectivity index (χ4v) is 10.8. The molecule has 0 amide bonds. The topological polar surface area (TPSA) is 253 Å². The summed E-state index contributed by atoms with van der Waals surface area (Å²) in [7, 11) is -11.0. The summed E-state index contributed by atoms with van der Waals surface area (Å²) in [5, 5.41) is 31.9. The van der Waals surface area contributed by atoms with Gasteiger partial charge in [-0.05, 0) is 79.6 Å². The number of carboxylic acids is 1. The summed E-state index contributed by atoms with van der Waals surface area (Å²) >= 11 is 0. The molecule has 5 rings (SSSR count). The number of aliphatic carboxylic acids is 1. The molecule has 1 saturated heterocycles. The molecule has 16 nitrogen and oxygen atoms in total. The van der Waals surface area contributed by atoms with Crippen molar-refractivity contribution in [3.63, 3.8) is 0 Å². The first kappa shape index (κ1) is 41.6. The molecule has 19 heteroatoms. The van der Waals surface area contributed by atoms with Crippen LogP contribution in [-0.2, 0) is 53.0 Å². The molecule has 49 heavy (non-hydrogen) atoms. The molecule has 0 aromatic heterocycles. The molecule has 4 saturated carbocycles. The predicted octanol–water partition coefficient (Wildman–Crippen LogP) is -1.67. The van der Waals surface area contributed by atoms with Crippen LogP contribution < -0.4 is 51.4 Å². The molecule has 0 radical (unpaired) electrons. The van der Waals surface area contributed by atoms with Crippen LogP contribution in [0.3, 0.4) is 0 Å². The van der Waals surface area contributed by atoms with Crippen molar-refractivity contribution >= 4 is 32.7 Å². The number of carbonyl (C=O) groups is 2. The van der Waals surface area contributed by atoms with E-state index < -0.39 is 99.0 Å². The average molecular weight is 765 g/mol. The first-order valence-corrected chi connectivity index (χ1v) is 18.9.